The molecule has 238 valence electrons. The van der Waals surface area contributed by atoms with Gasteiger partial charge in [-0.3, -0.25) is 0 Å². The Kier molecular flexibility index (Phi) is 10.1. The fraction of sp³-hybridized carbons (Fsp3) is 0.476. The molecular formula is C42H56N3+. The lowest BCUT2D eigenvalue weighted by Crippen LogP contribution is -2.66. The standard InChI is InChI=1S/C42H56N3/c1-30(2)37-22-16-17-23-38(31(3)4)41(37)43-24-25-44(42-39(32(5)6)26-34(9)27-40(42)33(7)8)45(43,28-35-18-12-10-13-19-35)29-36-20-14-11-15-21-36/h10-15,18-22,24-26,30-34,40,42H,23,27-29H2,1-9H3/q+1. The highest BCUT2D eigenvalue weighted by molar-refractivity contribution is 5.45. The van der Waals surface area contributed by atoms with Crippen molar-refractivity contribution >= 4 is 0 Å². The fourth-order valence-electron chi connectivity index (χ4n) is 7.83. The number of rotatable bonds is 10. The number of benzene rings is 2. The van der Waals surface area contributed by atoms with Gasteiger partial charge in [0.1, 0.15) is 11.7 Å². The van der Waals surface area contributed by atoms with Crippen LogP contribution >= 0.6 is 0 Å². The van der Waals surface area contributed by atoms with Crippen LogP contribution in [-0.4, -0.2) is 20.8 Å². The lowest BCUT2D eigenvalue weighted by molar-refractivity contribution is -1.13. The zero-order valence-corrected chi connectivity index (χ0v) is 29.3. The Labute approximate surface area is 274 Å². The molecule has 1 aliphatic heterocycles. The maximum absolute atomic E-state index is 3.50. The van der Waals surface area contributed by atoms with E-state index >= 15 is 0 Å². The molecule has 0 aromatic heterocycles. The number of hydrogen-bond donors (Lipinski definition) is 0. The summed E-state index contributed by atoms with van der Waals surface area (Å²) in [5.74, 6) is 9.85. The van der Waals surface area contributed by atoms with E-state index in [9.17, 15) is 0 Å². The molecule has 0 amide bonds. The summed E-state index contributed by atoms with van der Waals surface area (Å²) in [5, 5.41) is 5.43. The summed E-state index contributed by atoms with van der Waals surface area (Å²) in [4.78, 5) is 0. The average molecular weight is 603 g/mol. The van der Waals surface area contributed by atoms with Gasteiger partial charge < -0.3 is 0 Å². The Balaban J connectivity index is 1.82. The van der Waals surface area contributed by atoms with Crippen molar-refractivity contribution in [2.45, 2.75) is 94.3 Å². The molecule has 3 aliphatic rings. The zero-order chi connectivity index (χ0) is 32.3. The molecule has 3 unspecified atom stereocenters. The first-order chi connectivity index (χ1) is 21.5. The smallest absolute Gasteiger partial charge is 0.152 e. The van der Waals surface area contributed by atoms with Gasteiger partial charge in [0.2, 0.25) is 0 Å². The van der Waals surface area contributed by atoms with E-state index < -0.39 is 0 Å². The molecule has 3 nitrogen and oxygen atoms in total. The molecule has 3 heteroatoms. The largest absolute Gasteiger partial charge is 0.197 e. The minimum absolute atomic E-state index is 0.298. The van der Waals surface area contributed by atoms with Crippen molar-refractivity contribution in [3.8, 4) is 11.8 Å². The summed E-state index contributed by atoms with van der Waals surface area (Å²) in [6.07, 6.45) is 11.7. The van der Waals surface area contributed by atoms with E-state index in [1.165, 1.54) is 34.4 Å². The molecule has 0 radical (unpaired) electrons. The molecule has 0 fully saturated rings. The first-order valence-corrected chi connectivity index (χ1v) is 17.4. The quantitative estimate of drug-likeness (QED) is 0.152. The molecule has 0 bridgehead atoms. The van der Waals surface area contributed by atoms with Crippen LogP contribution in [-0.2, 0) is 13.1 Å². The Morgan fingerprint density at radius 2 is 1.38 bits per heavy atom. The van der Waals surface area contributed by atoms with E-state index in [1.807, 2.05) is 0 Å². The van der Waals surface area contributed by atoms with E-state index in [0.29, 0.717) is 46.3 Å². The molecule has 45 heavy (non-hydrogen) atoms. The molecule has 0 saturated heterocycles. The van der Waals surface area contributed by atoms with Crippen molar-refractivity contribution in [1.29, 1.82) is 0 Å². The molecule has 3 atom stereocenters. The Hall–Kier alpha value is -3.48. The monoisotopic (exact) mass is 602 g/mol. The molecule has 1 heterocycles. The number of quaternary nitrogens is 1. The van der Waals surface area contributed by atoms with Crippen LogP contribution in [0.2, 0.25) is 0 Å². The first-order valence-electron chi connectivity index (χ1n) is 17.4. The highest BCUT2D eigenvalue weighted by atomic mass is 16.0. The maximum atomic E-state index is 3.50. The third kappa shape index (κ3) is 6.73. The molecule has 0 spiro atoms. The topological polar surface area (TPSA) is 6.48 Å². The second-order valence-corrected chi connectivity index (χ2v) is 14.9. The Bertz CT molecular complexity index is 1450. The summed E-state index contributed by atoms with van der Waals surface area (Å²) in [7, 11) is 0. The van der Waals surface area contributed by atoms with E-state index in [0.717, 1.165) is 19.5 Å². The predicted molar refractivity (Wildman–Crippen MR) is 189 cm³/mol. The second-order valence-electron chi connectivity index (χ2n) is 14.9. The van der Waals surface area contributed by atoms with Crippen LogP contribution in [0.4, 0.5) is 0 Å². The predicted octanol–water partition coefficient (Wildman–Crippen LogP) is 10.3. The van der Waals surface area contributed by atoms with E-state index in [1.54, 1.807) is 5.57 Å². The van der Waals surface area contributed by atoms with Crippen LogP contribution < -0.4 is 0 Å². The van der Waals surface area contributed by atoms with Gasteiger partial charge in [0, 0.05) is 17.5 Å². The number of allylic oxidation sites excluding steroid dienone is 4. The lowest BCUT2D eigenvalue weighted by Gasteiger charge is -2.53. The van der Waals surface area contributed by atoms with Gasteiger partial charge in [-0.2, -0.15) is 10.0 Å². The van der Waals surface area contributed by atoms with Crippen LogP contribution in [0.5, 0.6) is 0 Å². The molecule has 2 aromatic rings. The van der Waals surface area contributed by atoms with Crippen LogP contribution in [0.3, 0.4) is 0 Å². The van der Waals surface area contributed by atoms with Crippen LogP contribution in [0.15, 0.2) is 108 Å². The van der Waals surface area contributed by atoms with E-state index in [2.05, 4.69) is 169 Å². The summed E-state index contributed by atoms with van der Waals surface area (Å²) in [5.41, 5.74) is 8.41. The van der Waals surface area contributed by atoms with Crippen molar-refractivity contribution in [3.63, 3.8) is 0 Å². The molecule has 2 aromatic carbocycles. The first kappa shape index (κ1) is 32.9. The second kappa shape index (κ2) is 13.9. The van der Waals surface area contributed by atoms with Gasteiger partial charge in [0.15, 0.2) is 13.1 Å². The van der Waals surface area contributed by atoms with Crippen LogP contribution in [0, 0.1) is 47.3 Å². The van der Waals surface area contributed by atoms with Crippen molar-refractivity contribution in [2.75, 3.05) is 0 Å². The summed E-state index contributed by atoms with van der Waals surface area (Å²) in [6, 6.07) is 22.6. The van der Waals surface area contributed by atoms with Gasteiger partial charge in [-0.25, -0.2) is 0 Å². The van der Waals surface area contributed by atoms with Gasteiger partial charge in [-0.1, -0.05) is 141 Å². The maximum Gasteiger partial charge on any atom is 0.152 e. The van der Waals surface area contributed by atoms with Crippen molar-refractivity contribution in [3.05, 3.63) is 119 Å². The van der Waals surface area contributed by atoms with Crippen molar-refractivity contribution < 1.29 is 4.70 Å². The van der Waals surface area contributed by atoms with Crippen molar-refractivity contribution in [2.24, 2.45) is 35.5 Å². The molecule has 2 aliphatic carbocycles. The van der Waals surface area contributed by atoms with E-state index in [-0.39, 0.29) is 0 Å². The third-order valence-corrected chi connectivity index (χ3v) is 10.2. The summed E-state index contributed by atoms with van der Waals surface area (Å²) in [6.45, 7) is 23.1. The molecular weight excluding hydrogens is 546 g/mol. The molecule has 0 saturated carbocycles. The van der Waals surface area contributed by atoms with Gasteiger partial charge in [0.05, 0.1) is 12.4 Å². The lowest BCUT2D eigenvalue weighted by atomic mass is 9.71. The summed E-state index contributed by atoms with van der Waals surface area (Å²) < 4.78 is 0.663. The summed E-state index contributed by atoms with van der Waals surface area (Å²) >= 11 is 0. The SMILES string of the molecule is CC1C=C(C(C)C)C(N2C=CN(C3=C(C(C)C)CC#CC=C3C(C)C)[N+]2(Cc2ccccc2)Cc2ccccc2)C(C(C)C)C1. The number of hydrogen-bond acceptors (Lipinski definition) is 2. The number of nitrogens with zero attached hydrogens (tertiary/aromatic N) is 3. The minimum Gasteiger partial charge on any atom is -0.197 e. The zero-order valence-electron chi connectivity index (χ0n) is 29.3. The Morgan fingerprint density at radius 3 is 1.89 bits per heavy atom. The fourth-order valence-corrected chi connectivity index (χ4v) is 7.83. The molecule has 0 N–H and O–H groups in total. The normalized spacial score (nSPS) is 23.1. The van der Waals surface area contributed by atoms with Crippen LogP contribution in [0.25, 0.3) is 0 Å². The van der Waals surface area contributed by atoms with Gasteiger partial charge in [0.25, 0.3) is 0 Å². The minimum atomic E-state index is 0.298. The molecule has 5 rings (SSSR count). The van der Waals surface area contributed by atoms with Crippen molar-refractivity contribution in [1.82, 2.24) is 10.0 Å². The highest BCUT2D eigenvalue weighted by Gasteiger charge is 2.53. The van der Waals surface area contributed by atoms with Gasteiger partial charge >= 0.3 is 0 Å². The van der Waals surface area contributed by atoms with Crippen LogP contribution in [0.1, 0.15) is 86.3 Å². The Morgan fingerprint density at radius 1 is 0.778 bits per heavy atom. The van der Waals surface area contributed by atoms with E-state index in [4.69, 9.17) is 0 Å². The third-order valence-electron chi connectivity index (χ3n) is 10.2. The van der Waals surface area contributed by atoms with Gasteiger partial charge in [-0.05, 0) is 64.7 Å². The van der Waals surface area contributed by atoms with Gasteiger partial charge in [-0.15, -0.1) is 4.70 Å². The highest BCUT2D eigenvalue weighted by Crippen LogP contribution is 2.48. The average Bonchev–Trinajstić information content (AvgIpc) is 3.18.